The summed E-state index contributed by atoms with van der Waals surface area (Å²) in [6.45, 7) is 9.82. The Morgan fingerprint density at radius 3 is 2.50 bits per heavy atom. The molecule has 5 rings (SSSR count). The molecule has 0 spiro atoms. The summed E-state index contributed by atoms with van der Waals surface area (Å²) in [5.74, 6) is 2.37. The van der Waals surface area contributed by atoms with E-state index < -0.39 is 0 Å². The molecule has 1 aliphatic heterocycles. The molecule has 2 aromatic carbocycles. The van der Waals surface area contributed by atoms with Crippen LogP contribution in [-0.2, 0) is 11.3 Å². The summed E-state index contributed by atoms with van der Waals surface area (Å²) < 4.78 is 13.3. The summed E-state index contributed by atoms with van der Waals surface area (Å²) in [6.07, 6.45) is 1.74. The van der Waals surface area contributed by atoms with Gasteiger partial charge in [-0.25, -0.2) is 9.55 Å². The van der Waals surface area contributed by atoms with E-state index in [1.165, 1.54) is 5.56 Å². The number of benzene rings is 2. The second-order valence-corrected chi connectivity index (χ2v) is 9.27. The quantitative estimate of drug-likeness (QED) is 0.399. The van der Waals surface area contributed by atoms with Crippen molar-refractivity contribution in [3.05, 3.63) is 77.5 Å². The molecule has 8 heteroatoms. The van der Waals surface area contributed by atoms with Gasteiger partial charge in [-0.05, 0) is 53.8 Å². The maximum absolute atomic E-state index is 10.7. The van der Waals surface area contributed by atoms with Gasteiger partial charge in [0.15, 0.2) is 5.82 Å². The molecule has 36 heavy (non-hydrogen) atoms. The average molecular weight is 486 g/mol. The lowest BCUT2D eigenvalue weighted by Gasteiger charge is -2.27. The van der Waals surface area contributed by atoms with E-state index in [2.05, 4.69) is 46.9 Å². The number of anilines is 1. The Hall–Kier alpha value is -3.91. The molecule has 186 valence electrons. The van der Waals surface area contributed by atoms with Crippen LogP contribution in [0.2, 0.25) is 0 Å². The molecule has 0 radical (unpaired) electrons. The van der Waals surface area contributed by atoms with Gasteiger partial charge < -0.3 is 19.5 Å². The number of hydrogen-bond acceptors (Lipinski definition) is 7. The minimum atomic E-state index is -0.202. The van der Waals surface area contributed by atoms with Gasteiger partial charge in [-0.2, -0.15) is 0 Å². The molecule has 0 bridgehead atoms. The fourth-order valence-electron chi connectivity index (χ4n) is 4.53. The Bertz CT molecular complexity index is 1310. The Kier molecular flexibility index (Phi) is 6.86. The highest BCUT2D eigenvalue weighted by molar-refractivity contribution is 5.69. The number of aryl methyl sites for hydroxylation is 1. The molecule has 8 nitrogen and oxygen atoms in total. The zero-order chi connectivity index (χ0) is 25.1. The molecule has 0 unspecified atom stereocenters. The summed E-state index contributed by atoms with van der Waals surface area (Å²) in [5, 5.41) is 19.0. The smallest absolute Gasteiger partial charge is 0.319 e. The van der Waals surface area contributed by atoms with Crippen molar-refractivity contribution in [2.24, 2.45) is 0 Å². The molecular formula is C28H31N5O3. The van der Waals surface area contributed by atoms with Crippen molar-refractivity contribution < 1.29 is 14.6 Å². The second-order valence-electron chi connectivity index (χ2n) is 9.27. The van der Waals surface area contributed by atoms with Crippen LogP contribution in [0.15, 0.2) is 60.8 Å². The van der Waals surface area contributed by atoms with E-state index in [1.807, 2.05) is 48.5 Å². The zero-order valence-electron chi connectivity index (χ0n) is 20.9. The first-order valence-electron chi connectivity index (χ1n) is 12.3. The van der Waals surface area contributed by atoms with Crippen LogP contribution in [0.3, 0.4) is 0 Å². The normalized spacial score (nSPS) is 13.8. The van der Waals surface area contributed by atoms with Crippen LogP contribution < -0.4 is 9.64 Å². The van der Waals surface area contributed by atoms with E-state index in [9.17, 15) is 5.11 Å². The number of rotatable bonds is 7. The number of pyridine rings is 1. The van der Waals surface area contributed by atoms with E-state index >= 15 is 0 Å². The first kappa shape index (κ1) is 23.8. The van der Waals surface area contributed by atoms with Gasteiger partial charge in [0.05, 0.1) is 30.7 Å². The summed E-state index contributed by atoms with van der Waals surface area (Å²) >= 11 is 0. The zero-order valence-corrected chi connectivity index (χ0v) is 20.9. The molecule has 0 amide bonds. The summed E-state index contributed by atoms with van der Waals surface area (Å²) in [4.78, 5) is 6.83. The van der Waals surface area contributed by atoms with Gasteiger partial charge in [-0.3, -0.25) is 0 Å². The Morgan fingerprint density at radius 1 is 1.03 bits per heavy atom. The van der Waals surface area contributed by atoms with Crippen LogP contribution >= 0.6 is 0 Å². The fraction of sp³-hybridized carbons (Fsp3) is 0.321. The highest BCUT2D eigenvalue weighted by Gasteiger charge is 2.22. The lowest BCUT2D eigenvalue weighted by atomic mass is 9.95. The van der Waals surface area contributed by atoms with Crippen molar-refractivity contribution in [1.29, 1.82) is 0 Å². The maximum Gasteiger partial charge on any atom is 0.319 e. The van der Waals surface area contributed by atoms with Crippen LogP contribution in [0.4, 0.5) is 5.82 Å². The maximum atomic E-state index is 10.7. The van der Waals surface area contributed by atoms with Crippen LogP contribution in [0.25, 0.3) is 17.1 Å². The van der Waals surface area contributed by atoms with Crippen molar-refractivity contribution in [1.82, 2.24) is 19.7 Å². The standard InChI is InChI=1S/C28H31N5O3/c1-19(2)23-16-24(25(15-20(23)3)36-18-21-7-5-4-6-8-21)27-30-31-28(34)33(27)22-9-10-26(29-17-22)32-11-13-35-14-12-32/h4-10,15-17,19H,11-14,18H2,1-3H3,(H,31,34). The number of morpholine rings is 1. The first-order valence-corrected chi connectivity index (χ1v) is 12.3. The monoisotopic (exact) mass is 485 g/mol. The molecule has 0 atom stereocenters. The molecule has 1 fully saturated rings. The Morgan fingerprint density at radius 2 is 1.81 bits per heavy atom. The van der Waals surface area contributed by atoms with Crippen molar-refractivity contribution >= 4 is 5.82 Å². The molecule has 1 aliphatic rings. The molecule has 1 saturated heterocycles. The second kappa shape index (κ2) is 10.4. The molecule has 0 aliphatic carbocycles. The minimum Gasteiger partial charge on any atom is -0.488 e. The Labute approximate surface area is 211 Å². The topological polar surface area (TPSA) is 85.5 Å². The molecule has 0 saturated carbocycles. The van der Waals surface area contributed by atoms with Gasteiger partial charge in [-0.15, -0.1) is 5.10 Å². The van der Waals surface area contributed by atoms with Crippen molar-refractivity contribution in [2.45, 2.75) is 33.3 Å². The predicted octanol–water partition coefficient (Wildman–Crippen LogP) is 4.88. The number of hydrogen-bond donors (Lipinski definition) is 1. The first-order chi connectivity index (χ1) is 17.5. The van der Waals surface area contributed by atoms with Crippen molar-refractivity contribution in [2.75, 3.05) is 31.2 Å². The molecule has 2 aromatic heterocycles. The lowest BCUT2D eigenvalue weighted by Crippen LogP contribution is -2.36. The third kappa shape index (κ3) is 4.90. The van der Waals surface area contributed by atoms with Crippen LogP contribution in [0, 0.1) is 6.92 Å². The average Bonchev–Trinajstić information content (AvgIpc) is 3.29. The van der Waals surface area contributed by atoms with E-state index in [0.717, 1.165) is 35.6 Å². The minimum absolute atomic E-state index is 0.202. The molecule has 4 aromatic rings. The Balaban J connectivity index is 1.53. The third-order valence-electron chi connectivity index (χ3n) is 6.44. The number of aromatic nitrogens is 4. The molecule has 3 heterocycles. The van der Waals surface area contributed by atoms with E-state index in [1.54, 1.807) is 10.8 Å². The molecule has 1 N–H and O–H groups in total. The highest BCUT2D eigenvalue weighted by atomic mass is 16.5. The summed E-state index contributed by atoms with van der Waals surface area (Å²) in [6, 6.07) is 17.9. The number of nitrogens with zero attached hydrogens (tertiary/aromatic N) is 5. The summed E-state index contributed by atoms with van der Waals surface area (Å²) in [7, 11) is 0. The fourth-order valence-corrected chi connectivity index (χ4v) is 4.53. The van der Waals surface area contributed by atoms with E-state index in [-0.39, 0.29) is 6.01 Å². The van der Waals surface area contributed by atoms with Gasteiger partial charge in [0.1, 0.15) is 18.2 Å². The summed E-state index contributed by atoms with van der Waals surface area (Å²) in [5.41, 5.74) is 4.84. The van der Waals surface area contributed by atoms with Gasteiger partial charge in [0, 0.05) is 13.1 Å². The van der Waals surface area contributed by atoms with Crippen molar-refractivity contribution in [3.8, 4) is 28.8 Å². The van der Waals surface area contributed by atoms with Crippen molar-refractivity contribution in [3.63, 3.8) is 0 Å². The van der Waals surface area contributed by atoms with Crippen LogP contribution in [0.1, 0.15) is 36.5 Å². The number of aromatic hydroxyl groups is 1. The van der Waals surface area contributed by atoms with Gasteiger partial charge in [0.2, 0.25) is 0 Å². The SMILES string of the molecule is Cc1cc(OCc2ccccc2)c(-c2nnc(O)n2-c2ccc(N3CCOCC3)nc2)cc1C(C)C. The molecular weight excluding hydrogens is 454 g/mol. The predicted molar refractivity (Wildman–Crippen MR) is 139 cm³/mol. The number of ether oxygens (including phenoxy) is 2. The lowest BCUT2D eigenvalue weighted by molar-refractivity contribution is 0.122. The van der Waals surface area contributed by atoms with Gasteiger partial charge >= 0.3 is 6.01 Å². The van der Waals surface area contributed by atoms with E-state index in [4.69, 9.17) is 9.47 Å². The largest absolute Gasteiger partial charge is 0.488 e. The van der Waals surface area contributed by atoms with E-state index in [0.29, 0.717) is 43.0 Å². The highest BCUT2D eigenvalue weighted by Crippen LogP contribution is 2.37. The van der Waals surface area contributed by atoms with Crippen LogP contribution in [0.5, 0.6) is 11.8 Å². The van der Waals surface area contributed by atoms with Crippen LogP contribution in [-0.4, -0.2) is 51.2 Å². The van der Waals surface area contributed by atoms with Gasteiger partial charge in [0.25, 0.3) is 0 Å². The third-order valence-corrected chi connectivity index (χ3v) is 6.44. The van der Waals surface area contributed by atoms with Gasteiger partial charge in [-0.1, -0.05) is 49.3 Å².